The number of carbonyl (C=O) groups is 2. The molecule has 0 aliphatic rings. The van der Waals surface area contributed by atoms with Crippen molar-refractivity contribution in [1.82, 2.24) is 10.4 Å². The number of hydrogen-bond acceptors (Lipinski definition) is 2. The van der Waals surface area contributed by atoms with Crippen LogP contribution in [0.25, 0.3) is 0 Å². The second-order valence-electron chi connectivity index (χ2n) is 5.14. The Bertz CT molecular complexity index is 418. The summed E-state index contributed by atoms with van der Waals surface area (Å²) in [5.74, 6) is -0.278. The van der Waals surface area contributed by atoms with Gasteiger partial charge in [-0.3, -0.25) is 20.0 Å². The SMILES string of the molecule is CCc1ccc(C(=O)NN(C=O)C(C)(C)C)cc1. The zero-order valence-electron chi connectivity index (χ0n) is 11.4. The van der Waals surface area contributed by atoms with E-state index >= 15 is 0 Å². The first kappa shape index (κ1) is 14.2. The van der Waals surface area contributed by atoms with Gasteiger partial charge in [-0.25, -0.2) is 0 Å². The average Bonchev–Trinajstić information content (AvgIpc) is 2.34. The second-order valence-corrected chi connectivity index (χ2v) is 5.14. The highest BCUT2D eigenvalue weighted by atomic mass is 16.2. The molecule has 98 valence electrons. The van der Waals surface area contributed by atoms with Crippen LogP contribution in [0, 0.1) is 0 Å². The summed E-state index contributed by atoms with van der Waals surface area (Å²) in [5, 5.41) is 1.27. The van der Waals surface area contributed by atoms with E-state index in [1.165, 1.54) is 10.6 Å². The highest BCUT2D eigenvalue weighted by Gasteiger charge is 2.21. The Kier molecular flexibility index (Phi) is 4.48. The quantitative estimate of drug-likeness (QED) is 0.655. The average molecular weight is 248 g/mol. The maximum Gasteiger partial charge on any atom is 0.269 e. The van der Waals surface area contributed by atoms with E-state index in [-0.39, 0.29) is 5.91 Å². The van der Waals surface area contributed by atoms with Crippen LogP contribution >= 0.6 is 0 Å². The molecule has 4 heteroatoms. The molecule has 1 rings (SSSR count). The third kappa shape index (κ3) is 3.58. The van der Waals surface area contributed by atoms with Gasteiger partial charge in [0.05, 0.1) is 5.54 Å². The second kappa shape index (κ2) is 5.67. The van der Waals surface area contributed by atoms with Crippen LogP contribution in [0.1, 0.15) is 43.6 Å². The Morgan fingerprint density at radius 2 is 1.83 bits per heavy atom. The number of nitrogens with zero attached hydrogens (tertiary/aromatic N) is 1. The Balaban J connectivity index is 2.78. The molecule has 0 aliphatic heterocycles. The smallest absolute Gasteiger partial charge is 0.269 e. The van der Waals surface area contributed by atoms with Crippen LogP contribution in [-0.4, -0.2) is 22.9 Å². The van der Waals surface area contributed by atoms with Crippen molar-refractivity contribution in [3.8, 4) is 0 Å². The van der Waals surface area contributed by atoms with E-state index in [1.807, 2.05) is 32.9 Å². The molecule has 0 aromatic heterocycles. The fourth-order valence-electron chi connectivity index (χ4n) is 1.42. The van der Waals surface area contributed by atoms with Crippen molar-refractivity contribution in [3.63, 3.8) is 0 Å². The molecule has 0 fully saturated rings. The van der Waals surface area contributed by atoms with E-state index in [4.69, 9.17) is 0 Å². The van der Waals surface area contributed by atoms with Crippen LogP contribution in [-0.2, 0) is 11.2 Å². The summed E-state index contributed by atoms with van der Waals surface area (Å²) in [6.45, 7) is 7.61. The fraction of sp³-hybridized carbons (Fsp3) is 0.429. The molecule has 0 saturated carbocycles. The van der Waals surface area contributed by atoms with Gasteiger partial charge in [0.25, 0.3) is 5.91 Å². The van der Waals surface area contributed by atoms with Crippen LogP contribution < -0.4 is 5.43 Å². The molecule has 0 saturated heterocycles. The first-order chi connectivity index (χ1) is 8.38. The van der Waals surface area contributed by atoms with E-state index in [0.717, 1.165) is 6.42 Å². The van der Waals surface area contributed by atoms with E-state index < -0.39 is 5.54 Å². The minimum absolute atomic E-state index is 0.278. The van der Waals surface area contributed by atoms with Gasteiger partial charge in [0.1, 0.15) is 0 Å². The van der Waals surface area contributed by atoms with Crippen LogP contribution in [0.15, 0.2) is 24.3 Å². The number of hydrazine groups is 1. The van der Waals surface area contributed by atoms with Crippen molar-refractivity contribution >= 4 is 12.3 Å². The third-order valence-electron chi connectivity index (χ3n) is 2.67. The van der Waals surface area contributed by atoms with Gasteiger partial charge in [-0.15, -0.1) is 0 Å². The fourth-order valence-corrected chi connectivity index (χ4v) is 1.42. The first-order valence-corrected chi connectivity index (χ1v) is 6.03. The summed E-state index contributed by atoms with van der Waals surface area (Å²) in [5.41, 5.74) is 3.86. The van der Waals surface area contributed by atoms with Gasteiger partial charge in [0, 0.05) is 5.56 Å². The van der Waals surface area contributed by atoms with E-state index in [0.29, 0.717) is 12.0 Å². The maximum atomic E-state index is 11.9. The maximum absolute atomic E-state index is 11.9. The molecular weight excluding hydrogens is 228 g/mol. The van der Waals surface area contributed by atoms with Crippen molar-refractivity contribution in [1.29, 1.82) is 0 Å². The first-order valence-electron chi connectivity index (χ1n) is 6.03. The number of hydrogen-bond donors (Lipinski definition) is 1. The molecule has 1 aromatic carbocycles. The lowest BCUT2D eigenvalue weighted by molar-refractivity contribution is -0.125. The van der Waals surface area contributed by atoms with Gasteiger partial charge < -0.3 is 0 Å². The standard InChI is InChI=1S/C14H20N2O2/c1-5-11-6-8-12(9-7-11)13(18)15-16(10-17)14(2,3)4/h6-10H,5H2,1-4H3,(H,15,18). The molecule has 1 N–H and O–H groups in total. The molecule has 18 heavy (non-hydrogen) atoms. The molecule has 0 atom stereocenters. The number of benzene rings is 1. The summed E-state index contributed by atoms with van der Waals surface area (Å²) >= 11 is 0. The van der Waals surface area contributed by atoms with Crippen LogP contribution in [0.3, 0.4) is 0 Å². The molecule has 0 unspecified atom stereocenters. The van der Waals surface area contributed by atoms with Crippen molar-refractivity contribution < 1.29 is 9.59 Å². The summed E-state index contributed by atoms with van der Waals surface area (Å²) < 4.78 is 0. The Morgan fingerprint density at radius 3 is 2.22 bits per heavy atom. The van der Waals surface area contributed by atoms with Gasteiger partial charge in [-0.05, 0) is 44.9 Å². The number of nitrogens with one attached hydrogen (secondary N) is 1. The van der Waals surface area contributed by atoms with Gasteiger partial charge in [0.15, 0.2) is 0 Å². The molecule has 0 heterocycles. The summed E-state index contributed by atoms with van der Waals surface area (Å²) in [7, 11) is 0. The van der Waals surface area contributed by atoms with E-state index in [9.17, 15) is 9.59 Å². The van der Waals surface area contributed by atoms with Crippen LogP contribution in [0.2, 0.25) is 0 Å². The van der Waals surface area contributed by atoms with E-state index in [2.05, 4.69) is 12.3 Å². The lowest BCUT2D eigenvalue weighted by atomic mass is 10.1. The Hall–Kier alpha value is -1.84. The van der Waals surface area contributed by atoms with Crippen molar-refractivity contribution in [2.45, 2.75) is 39.7 Å². The molecule has 0 spiro atoms. The minimum atomic E-state index is -0.444. The number of rotatable bonds is 4. The van der Waals surface area contributed by atoms with Crippen molar-refractivity contribution in [2.24, 2.45) is 0 Å². The highest BCUT2D eigenvalue weighted by molar-refractivity contribution is 5.94. The lowest BCUT2D eigenvalue weighted by Crippen LogP contribution is -2.51. The van der Waals surface area contributed by atoms with Crippen LogP contribution in [0.4, 0.5) is 0 Å². The molecule has 0 aliphatic carbocycles. The molecule has 4 nitrogen and oxygen atoms in total. The van der Waals surface area contributed by atoms with Crippen LogP contribution in [0.5, 0.6) is 0 Å². The topological polar surface area (TPSA) is 49.4 Å². The zero-order chi connectivity index (χ0) is 13.8. The van der Waals surface area contributed by atoms with Gasteiger partial charge in [-0.2, -0.15) is 0 Å². The predicted molar refractivity (Wildman–Crippen MR) is 70.9 cm³/mol. The molecule has 0 bridgehead atoms. The van der Waals surface area contributed by atoms with Crippen molar-refractivity contribution in [2.75, 3.05) is 0 Å². The summed E-state index contributed by atoms with van der Waals surface area (Å²) in [4.78, 5) is 22.9. The third-order valence-corrected chi connectivity index (χ3v) is 2.67. The van der Waals surface area contributed by atoms with E-state index in [1.54, 1.807) is 12.1 Å². The molecule has 1 aromatic rings. The number of aryl methyl sites for hydroxylation is 1. The largest absolute Gasteiger partial charge is 0.277 e. The Morgan fingerprint density at radius 1 is 1.28 bits per heavy atom. The van der Waals surface area contributed by atoms with Gasteiger partial charge in [0.2, 0.25) is 6.41 Å². The molecule has 2 amide bonds. The molecular formula is C14H20N2O2. The number of amides is 2. The zero-order valence-corrected chi connectivity index (χ0v) is 11.4. The Labute approximate surface area is 108 Å². The minimum Gasteiger partial charge on any atom is -0.277 e. The lowest BCUT2D eigenvalue weighted by Gasteiger charge is -2.31. The normalized spacial score (nSPS) is 10.9. The highest BCUT2D eigenvalue weighted by Crippen LogP contribution is 2.10. The number of carbonyl (C=O) groups excluding carboxylic acids is 2. The van der Waals surface area contributed by atoms with Crippen molar-refractivity contribution in [3.05, 3.63) is 35.4 Å². The monoisotopic (exact) mass is 248 g/mol. The van der Waals surface area contributed by atoms with Gasteiger partial charge in [-0.1, -0.05) is 19.1 Å². The predicted octanol–water partition coefficient (Wildman–Crippen LogP) is 2.15. The summed E-state index contributed by atoms with van der Waals surface area (Å²) in [6, 6.07) is 7.36. The summed E-state index contributed by atoms with van der Waals surface area (Å²) in [6.07, 6.45) is 1.56. The molecule has 0 radical (unpaired) electrons. The van der Waals surface area contributed by atoms with Gasteiger partial charge >= 0.3 is 0 Å².